The van der Waals surface area contributed by atoms with E-state index in [0.717, 1.165) is 29.3 Å². The molecule has 176 valence electrons. The number of rotatable bonds is 9. The van der Waals surface area contributed by atoms with E-state index in [1.807, 2.05) is 49.4 Å². The smallest absolute Gasteiger partial charge is 0.269 e. The number of nitro groups is 1. The van der Waals surface area contributed by atoms with E-state index in [0.29, 0.717) is 23.0 Å². The number of non-ortho nitro benzene ring substituents is 1. The van der Waals surface area contributed by atoms with Gasteiger partial charge in [-0.2, -0.15) is 5.26 Å². The van der Waals surface area contributed by atoms with Gasteiger partial charge in [-0.15, -0.1) is 11.3 Å². The van der Waals surface area contributed by atoms with E-state index < -0.39 is 4.92 Å². The quantitative estimate of drug-likeness (QED) is 0.0635. The molecule has 0 saturated heterocycles. The molecule has 0 fully saturated rings. The van der Waals surface area contributed by atoms with Crippen molar-refractivity contribution in [2.75, 3.05) is 6.61 Å². The number of thiazole rings is 1. The number of para-hydroxylation sites is 1. The Labute approximate surface area is 223 Å². The van der Waals surface area contributed by atoms with E-state index in [9.17, 15) is 15.4 Å². The van der Waals surface area contributed by atoms with Crippen LogP contribution in [0.1, 0.15) is 18.1 Å². The second kappa shape index (κ2) is 11.5. The molecule has 10 heteroatoms. The maximum atomic E-state index is 10.9. The van der Waals surface area contributed by atoms with E-state index in [2.05, 4.69) is 33.6 Å². The molecule has 4 aromatic rings. The summed E-state index contributed by atoms with van der Waals surface area (Å²) in [6.07, 6.45) is 1.81. The molecule has 4 rings (SSSR count). The van der Waals surface area contributed by atoms with Crippen LogP contribution in [-0.4, -0.2) is 16.5 Å². The molecular formula is C25H18IN3O4S2. The zero-order chi connectivity index (χ0) is 24.8. The minimum atomic E-state index is -0.433. The Morgan fingerprint density at radius 1 is 1.23 bits per heavy atom. The van der Waals surface area contributed by atoms with Gasteiger partial charge in [-0.1, -0.05) is 12.1 Å². The van der Waals surface area contributed by atoms with E-state index in [-0.39, 0.29) is 12.3 Å². The van der Waals surface area contributed by atoms with Gasteiger partial charge >= 0.3 is 0 Å². The molecule has 35 heavy (non-hydrogen) atoms. The minimum Gasteiger partial charge on any atom is -0.490 e. The standard InChI is InChI=1S/C25H18IN3O4S2/c1-2-32-22-13-17(11-19(14-27)34-25-28-21-5-3-4-6-23(21)35-25)12-20(26)24(22)33-15-16-7-9-18(10-8-16)29(30)31/h3-13H,2,15H2,1H3/b19-11+. The number of hydrogen-bond donors (Lipinski definition) is 0. The summed E-state index contributed by atoms with van der Waals surface area (Å²) >= 11 is 5.06. The molecule has 0 unspecified atom stereocenters. The van der Waals surface area contributed by atoms with Gasteiger partial charge in [0, 0.05) is 12.1 Å². The Bertz CT molecular complexity index is 1410. The van der Waals surface area contributed by atoms with Crippen LogP contribution in [0.2, 0.25) is 0 Å². The van der Waals surface area contributed by atoms with Crippen LogP contribution in [0.5, 0.6) is 11.5 Å². The number of aromatic nitrogens is 1. The number of hydrogen-bond acceptors (Lipinski definition) is 8. The summed E-state index contributed by atoms with van der Waals surface area (Å²) in [6, 6.07) is 20.1. The second-order valence-corrected chi connectivity index (χ2v) is 10.6. The molecule has 0 N–H and O–H groups in total. The summed E-state index contributed by atoms with van der Waals surface area (Å²) in [6.45, 7) is 2.57. The molecule has 0 spiro atoms. The lowest BCUT2D eigenvalue weighted by Gasteiger charge is -2.15. The number of fused-ring (bicyclic) bond motifs is 1. The Morgan fingerprint density at radius 2 is 2.00 bits per heavy atom. The van der Waals surface area contributed by atoms with Gasteiger partial charge in [-0.05, 0) is 94.9 Å². The van der Waals surface area contributed by atoms with Crippen molar-refractivity contribution in [3.8, 4) is 17.6 Å². The first-order valence-corrected chi connectivity index (χ1v) is 13.2. The molecule has 0 atom stereocenters. The van der Waals surface area contributed by atoms with Crippen LogP contribution in [0, 0.1) is 25.0 Å². The van der Waals surface area contributed by atoms with Crippen LogP contribution in [0.3, 0.4) is 0 Å². The van der Waals surface area contributed by atoms with Crippen molar-refractivity contribution in [3.05, 3.63) is 90.4 Å². The molecule has 0 saturated carbocycles. The van der Waals surface area contributed by atoms with E-state index in [1.165, 1.54) is 23.9 Å². The van der Waals surface area contributed by atoms with Gasteiger partial charge in [0.15, 0.2) is 15.8 Å². The molecule has 0 aliphatic carbocycles. The van der Waals surface area contributed by atoms with Gasteiger partial charge in [-0.25, -0.2) is 4.98 Å². The molecule has 0 amide bonds. The molecule has 0 radical (unpaired) electrons. The fourth-order valence-corrected chi connectivity index (χ4v) is 5.92. The maximum absolute atomic E-state index is 10.9. The molecular weight excluding hydrogens is 597 g/mol. The van der Waals surface area contributed by atoms with Crippen molar-refractivity contribution in [2.45, 2.75) is 17.9 Å². The topological polar surface area (TPSA) is 98.3 Å². The first kappa shape index (κ1) is 25.0. The predicted molar refractivity (Wildman–Crippen MR) is 147 cm³/mol. The number of ether oxygens (including phenoxy) is 2. The van der Waals surface area contributed by atoms with Crippen LogP contribution in [0.25, 0.3) is 16.3 Å². The molecule has 0 aliphatic rings. The normalized spacial score (nSPS) is 11.3. The van der Waals surface area contributed by atoms with Crippen molar-refractivity contribution in [1.82, 2.24) is 4.98 Å². The van der Waals surface area contributed by atoms with E-state index in [1.54, 1.807) is 23.5 Å². The van der Waals surface area contributed by atoms with E-state index >= 15 is 0 Å². The highest BCUT2D eigenvalue weighted by Gasteiger charge is 2.14. The first-order chi connectivity index (χ1) is 17.0. The first-order valence-electron chi connectivity index (χ1n) is 10.4. The van der Waals surface area contributed by atoms with Crippen LogP contribution in [0.4, 0.5) is 5.69 Å². The Morgan fingerprint density at radius 3 is 2.69 bits per heavy atom. The number of benzene rings is 3. The molecule has 3 aromatic carbocycles. The third-order valence-electron chi connectivity index (χ3n) is 4.74. The van der Waals surface area contributed by atoms with Crippen molar-refractivity contribution in [1.29, 1.82) is 5.26 Å². The fourth-order valence-electron chi connectivity index (χ4n) is 3.17. The molecule has 7 nitrogen and oxygen atoms in total. The van der Waals surface area contributed by atoms with Gasteiger partial charge in [0.2, 0.25) is 0 Å². The third-order valence-corrected chi connectivity index (χ3v) is 7.57. The van der Waals surface area contributed by atoms with Gasteiger partial charge in [0.25, 0.3) is 5.69 Å². The molecule has 1 aromatic heterocycles. The SMILES string of the molecule is CCOc1cc(/C=C(\C#N)Sc2nc3ccccc3s2)cc(I)c1OCc1ccc([N+](=O)[O-])cc1. The summed E-state index contributed by atoms with van der Waals surface area (Å²) in [5.41, 5.74) is 2.56. The summed E-state index contributed by atoms with van der Waals surface area (Å²) < 4.78 is 14.6. The van der Waals surface area contributed by atoms with Crippen molar-refractivity contribution < 1.29 is 14.4 Å². The summed E-state index contributed by atoms with van der Waals surface area (Å²) in [5, 5.41) is 20.6. The zero-order valence-electron chi connectivity index (χ0n) is 18.4. The maximum Gasteiger partial charge on any atom is 0.269 e. The number of thioether (sulfide) groups is 1. The predicted octanol–water partition coefficient (Wildman–Crippen LogP) is 7.44. The highest BCUT2D eigenvalue weighted by molar-refractivity contribution is 14.1. The fraction of sp³-hybridized carbons (Fsp3) is 0.120. The molecule has 0 bridgehead atoms. The van der Waals surface area contributed by atoms with Crippen LogP contribution < -0.4 is 9.47 Å². The van der Waals surface area contributed by atoms with Gasteiger partial charge < -0.3 is 9.47 Å². The lowest BCUT2D eigenvalue weighted by Crippen LogP contribution is -2.02. The van der Waals surface area contributed by atoms with Crippen molar-refractivity contribution in [2.24, 2.45) is 0 Å². The van der Waals surface area contributed by atoms with Crippen LogP contribution in [0.15, 0.2) is 69.9 Å². The van der Waals surface area contributed by atoms with Gasteiger partial charge in [-0.3, -0.25) is 10.1 Å². The van der Waals surface area contributed by atoms with Crippen LogP contribution in [-0.2, 0) is 6.61 Å². The Hall–Kier alpha value is -3.14. The van der Waals surface area contributed by atoms with E-state index in [4.69, 9.17) is 9.47 Å². The third kappa shape index (κ3) is 6.30. The zero-order valence-corrected chi connectivity index (χ0v) is 22.2. The average Bonchev–Trinajstić information content (AvgIpc) is 3.26. The highest BCUT2D eigenvalue weighted by atomic mass is 127. The number of nitro benzene ring substituents is 1. The van der Waals surface area contributed by atoms with Crippen LogP contribution >= 0.6 is 45.7 Å². The van der Waals surface area contributed by atoms with Crippen molar-refractivity contribution >= 4 is 67.7 Å². The minimum absolute atomic E-state index is 0.0338. The average molecular weight is 615 g/mol. The molecule has 0 aliphatic heterocycles. The molecule has 1 heterocycles. The number of nitriles is 1. The number of nitrogens with zero attached hydrogens (tertiary/aromatic N) is 3. The second-order valence-electron chi connectivity index (χ2n) is 7.15. The van der Waals surface area contributed by atoms with Gasteiger partial charge in [0.1, 0.15) is 12.7 Å². The Kier molecular flexibility index (Phi) is 8.22. The van der Waals surface area contributed by atoms with Crippen molar-refractivity contribution in [3.63, 3.8) is 0 Å². The number of halogens is 1. The summed E-state index contributed by atoms with van der Waals surface area (Å²) in [7, 11) is 0. The Balaban J connectivity index is 1.55. The summed E-state index contributed by atoms with van der Waals surface area (Å²) in [4.78, 5) is 15.5. The lowest BCUT2D eigenvalue weighted by atomic mass is 10.2. The van der Waals surface area contributed by atoms with Gasteiger partial charge in [0.05, 0.1) is 30.2 Å². The lowest BCUT2D eigenvalue weighted by molar-refractivity contribution is -0.384. The monoisotopic (exact) mass is 615 g/mol. The summed E-state index contributed by atoms with van der Waals surface area (Å²) in [5.74, 6) is 1.15. The largest absolute Gasteiger partial charge is 0.490 e. The number of allylic oxidation sites excluding steroid dienone is 1. The highest BCUT2D eigenvalue weighted by Crippen LogP contribution is 2.38.